The smallest absolute Gasteiger partial charge is 0.153 e. The largest absolute Gasteiger partial charge is 0.371 e. The maximum atomic E-state index is 5.39. The molecule has 0 atom stereocenters. The van der Waals surface area contributed by atoms with Crippen LogP contribution in [0.15, 0.2) is 0 Å². The maximum absolute atomic E-state index is 5.39. The lowest BCUT2D eigenvalue weighted by molar-refractivity contribution is 0.0614. The van der Waals surface area contributed by atoms with E-state index in [0.717, 1.165) is 11.6 Å². The summed E-state index contributed by atoms with van der Waals surface area (Å²) in [5.41, 5.74) is 0. The predicted molar refractivity (Wildman–Crippen MR) is 50.4 cm³/mol. The molecule has 0 radical (unpaired) electrons. The number of nitrogens with one attached hydrogen (secondary N) is 1. The van der Waals surface area contributed by atoms with E-state index in [0.29, 0.717) is 12.5 Å². The molecule has 0 spiro atoms. The summed E-state index contributed by atoms with van der Waals surface area (Å²) in [5.74, 6) is 2.02. The first-order valence-electron chi connectivity index (χ1n) is 4.62. The van der Waals surface area contributed by atoms with Gasteiger partial charge in [-0.1, -0.05) is 13.8 Å². The zero-order valence-corrected chi connectivity index (χ0v) is 8.66. The topological polar surface area (TPSA) is 50.8 Å². The first-order chi connectivity index (χ1) is 6.09. The van der Waals surface area contributed by atoms with E-state index in [-0.39, 0.29) is 6.10 Å². The van der Waals surface area contributed by atoms with Gasteiger partial charge in [0, 0.05) is 5.92 Å². The number of hydrogen-bond donors (Lipinski definition) is 1. The highest BCUT2D eigenvalue weighted by Crippen LogP contribution is 2.08. The lowest BCUT2D eigenvalue weighted by atomic mass is 10.2. The van der Waals surface area contributed by atoms with Crippen molar-refractivity contribution in [3.05, 3.63) is 11.6 Å². The summed E-state index contributed by atoms with van der Waals surface area (Å²) in [7, 11) is 0. The maximum Gasteiger partial charge on any atom is 0.153 e. The van der Waals surface area contributed by atoms with Crippen LogP contribution in [0.25, 0.3) is 0 Å². The van der Waals surface area contributed by atoms with Gasteiger partial charge in [-0.15, -0.1) is 0 Å². The van der Waals surface area contributed by atoms with Crippen LogP contribution in [0, 0.1) is 0 Å². The summed E-state index contributed by atoms with van der Waals surface area (Å²) < 4.78 is 5.39. The molecule has 1 heterocycles. The van der Waals surface area contributed by atoms with Crippen LogP contribution >= 0.6 is 0 Å². The summed E-state index contributed by atoms with van der Waals surface area (Å²) in [6.07, 6.45) is 0.229. The van der Waals surface area contributed by atoms with E-state index in [4.69, 9.17) is 4.74 Å². The van der Waals surface area contributed by atoms with Crippen molar-refractivity contribution >= 4 is 0 Å². The lowest BCUT2D eigenvalue weighted by Crippen LogP contribution is -2.03. The number of aromatic amines is 1. The van der Waals surface area contributed by atoms with Crippen molar-refractivity contribution in [2.24, 2.45) is 0 Å². The first-order valence-corrected chi connectivity index (χ1v) is 4.62. The molecule has 74 valence electrons. The van der Waals surface area contributed by atoms with Gasteiger partial charge in [-0.2, -0.15) is 5.10 Å². The number of rotatable bonds is 4. The summed E-state index contributed by atoms with van der Waals surface area (Å²) in [5, 5.41) is 6.93. The fraction of sp³-hybridized carbons (Fsp3) is 0.778. The van der Waals surface area contributed by atoms with Crippen LogP contribution in [0.5, 0.6) is 0 Å². The number of ether oxygens (including phenoxy) is 1. The molecule has 0 bridgehead atoms. The van der Waals surface area contributed by atoms with Gasteiger partial charge in [-0.3, -0.25) is 5.10 Å². The molecule has 0 aliphatic heterocycles. The molecule has 13 heavy (non-hydrogen) atoms. The Morgan fingerprint density at radius 3 is 2.46 bits per heavy atom. The van der Waals surface area contributed by atoms with E-state index in [1.165, 1.54) is 0 Å². The van der Waals surface area contributed by atoms with Crippen LogP contribution in [0.3, 0.4) is 0 Å². The molecule has 0 saturated heterocycles. The first kappa shape index (κ1) is 10.2. The highest BCUT2D eigenvalue weighted by Gasteiger charge is 2.06. The van der Waals surface area contributed by atoms with Crippen molar-refractivity contribution < 1.29 is 4.74 Å². The van der Waals surface area contributed by atoms with E-state index < -0.39 is 0 Å². The molecule has 1 rings (SSSR count). The second-order valence-corrected chi connectivity index (χ2v) is 3.65. The van der Waals surface area contributed by atoms with Crippen LogP contribution in [-0.2, 0) is 11.3 Å². The Morgan fingerprint density at radius 1 is 1.31 bits per heavy atom. The Hall–Kier alpha value is -0.900. The van der Waals surface area contributed by atoms with Gasteiger partial charge in [0.05, 0.1) is 6.10 Å². The summed E-state index contributed by atoms with van der Waals surface area (Å²) >= 11 is 0. The number of nitrogens with zero attached hydrogens (tertiary/aromatic N) is 2. The minimum atomic E-state index is 0.229. The third-order valence-electron chi connectivity index (χ3n) is 1.62. The van der Waals surface area contributed by atoms with Crippen LogP contribution in [-0.4, -0.2) is 21.3 Å². The molecule has 4 heteroatoms. The third kappa shape index (κ3) is 3.14. The molecule has 4 nitrogen and oxygen atoms in total. The Balaban J connectivity index is 2.49. The third-order valence-corrected chi connectivity index (χ3v) is 1.62. The monoisotopic (exact) mass is 183 g/mol. The van der Waals surface area contributed by atoms with Crippen LogP contribution in [0.2, 0.25) is 0 Å². The highest BCUT2D eigenvalue weighted by atomic mass is 16.5. The predicted octanol–water partition coefficient (Wildman–Crippen LogP) is 1.85. The lowest BCUT2D eigenvalue weighted by Gasteiger charge is -2.03. The highest BCUT2D eigenvalue weighted by molar-refractivity contribution is 4.93. The van der Waals surface area contributed by atoms with Gasteiger partial charge in [0.25, 0.3) is 0 Å². The average Bonchev–Trinajstić information content (AvgIpc) is 2.48. The SMILES string of the molecule is CC(C)OCc1nc(C(C)C)n[nH]1. The molecule has 0 saturated carbocycles. The molecular weight excluding hydrogens is 166 g/mol. The molecule has 0 amide bonds. The number of H-pyrrole nitrogens is 1. The minimum absolute atomic E-state index is 0.229. The Kier molecular flexibility index (Phi) is 3.42. The summed E-state index contributed by atoms with van der Waals surface area (Å²) in [6, 6.07) is 0. The summed E-state index contributed by atoms with van der Waals surface area (Å²) in [4.78, 5) is 4.29. The molecular formula is C9H17N3O. The van der Waals surface area contributed by atoms with Gasteiger partial charge in [-0.25, -0.2) is 4.98 Å². The van der Waals surface area contributed by atoms with Gasteiger partial charge in [0.1, 0.15) is 6.61 Å². The molecule has 1 aromatic rings. The van der Waals surface area contributed by atoms with Crippen molar-refractivity contribution in [2.45, 2.75) is 46.3 Å². The van der Waals surface area contributed by atoms with Gasteiger partial charge in [-0.05, 0) is 13.8 Å². The molecule has 0 aliphatic carbocycles. The average molecular weight is 183 g/mol. The quantitative estimate of drug-likeness (QED) is 0.775. The van der Waals surface area contributed by atoms with E-state index in [2.05, 4.69) is 29.0 Å². The van der Waals surface area contributed by atoms with E-state index in [1.807, 2.05) is 13.8 Å². The molecule has 0 fully saturated rings. The van der Waals surface area contributed by atoms with Gasteiger partial charge < -0.3 is 4.74 Å². The van der Waals surface area contributed by atoms with Crippen LogP contribution in [0.1, 0.15) is 45.3 Å². The van der Waals surface area contributed by atoms with E-state index in [1.54, 1.807) is 0 Å². The molecule has 1 N–H and O–H groups in total. The van der Waals surface area contributed by atoms with E-state index >= 15 is 0 Å². The molecule has 0 unspecified atom stereocenters. The standard InChI is InChI=1S/C9H17N3O/c1-6(2)9-10-8(11-12-9)5-13-7(3)4/h6-7H,5H2,1-4H3,(H,10,11,12). The van der Waals surface area contributed by atoms with Crippen molar-refractivity contribution in [1.29, 1.82) is 0 Å². The fourth-order valence-electron chi connectivity index (χ4n) is 0.878. The molecule has 1 aromatic heterocycles. The zero-order chi connectivity index (χ0) is 9.84. The van der Waals surface area contributed by atoms with E-state index in [9.17, 15) is 0 Å². The number of aromatic nitrogens is 3. The molecule has 0 aromatic carbocycles. The van der Waals surface area contributed by atoms with Crippen molar-refractivity contribution in [1.82, 2.24) is 15.2 Å². The van der Waals surface area contributed by atoms with Gasteiger partial charge in [0.15, 0.2) is 11.6 Å². The van der Waals surface area contributed by atoms with Gasteiger partial charge in [0.2, 0.25) is 0 Å². The van der Waals surface area contributed by atoms with Crippen LogP contribution in [0.4, 0.5) is 0 Å². The van der Waals surface area contributed by atoms with Crippen molar-refractivity contribution in [3.63, 3.8) is 0 Å². The number of hydrogen-bond acceptors (Lipinski definition) is 3. The Bertz CT molecular complexity index is 255. The van der Waals surface area contributed by atoms with Gasteiger partial charge >= 0.3 is 0 Å². The normalized spacial score (nSPS) is 11.5. The second kappa shape index (κ2) is 4.37. The Labute approximate surface area is 78.7 Å². The fourth-order valence-corrected chi connectivity index (χ4v) is 0.878. The van der Waals surface area contributed by atoms with Crippen molar-refractivity contribution in [2.75, 3.05) is 0 Å². The minimum Gasteiger partial charge on any atom is -0.371 e. The van der Waals surface area contributed by atoms with Crippen LogP contribution < -0.4 is 0 Å². The van der Waals surface area contributed by atoms with Crippen molar-refractivity contribution in [3.8, 4) is 0 Å². The Morgan fingerprint density at radius 2 is 2.00 bits per heavy atom. The summed E-state index contributed by atoms with van der Waals surface area (Å²) in [6.45, 7) is 8.64. The zero-order valence-electron chi connectivity index (χ0n) is 8.66. The second-order valence-electron chi connectivity index (χ2n) is 3.65. The molecule has 0 aliphatic rings.